The highest BCUT2D eigenvalue weighted by molar-refractivity contribution is 7.99. The predicted molar refractivity (Wildman–Crippen MR) is 130 cm³/mol. The van der Waals surface area contributed by atoms with Gasteiger partial charge in [-0.05, 0) is 74.1 Å². The molecule has 170 valence electrons. The molecule has 0 bridgehead atoms. The van der Waals surface area contributed by atoms with Crippen molar-refractivity contribution in [2.24, 2.45) is 5.41 Å². The van der Waals surface area contributed by atoms with Gasteiger partial charge < -0.3 is 4.74 Å². The molecule has 0 radical (unpaired) electrons. The molecule has 0 unspecified atom stereocenters. The van der Waals surface area contributed by atoms with Crippen LogP contribution in [0, 0.1) is 11.2 Å². The monoisotopic (exact) mass is 462 g/mol. The molecule has 33 heavy (non-hydrogen) atoms. The van der Waals surface area contributed by atoms with Gasteiger partial charge in [-0.25, -0.2) is 9.07 Å². The van der Waals surface area contributed by atoms with Gasteiger partial charge in [0.2, 0.25) is 0 Å². The van der Waals surface area contributed by atoms with Crippen LogP contribution in [0.25, 0.3) is 11.8 Å². The van der Waals surface area contributed by atoms with Gasteiger partial charge >= 0.3 is 5.97 Å². The minimum atomic E-state index is -0.633. The number of carbonyl (C=O) groups excluding carboxylic acids is 1. The quantitative estimate of drug-likeness (QED) is 0.422. The Hall–Kier alpha value is -2.86. The van der Waals surface area contributed by atoms with Gasteiger partial charge in [0, 0.05) is 11.0 Å². The molecule has 0 N–H and O–H groups in total. The number of hydrogen-bond acceptors (Lipinski definition) is 4. The van der Waals surface area contributed by atoms with Gasteiger partial charge in [-0.2, -0.15) is 16.9 Å². The standard InChI is InChI=1S/C27H27FN2O2S/c1-2-32-26(31)27-15-20-17-29-30(23-11-9-22(28)10-12-23)25(20)14-21(27)8-13-24(16-27)33-18-19-6-4-3-5-7-19/h3-7,9-12,14,17,24H,2,8,13,15-16,18H2,1H3/t24-,27-/m0/s1. The molecule has 1 saturated carbocycles. The average Bonchev–Trinajstić information content (AvgIpc) is 3.24. The Morgan fingerprint density at radius 2 is 2.00 bits per heavy atom. The van der Waals surface area contributed by atoms with Crippen LogP contribution in [0.1, 0.15) is 43.0 Å². The van der Waals surface area contributed by atoms with Crippen LogP contribution in [0.2, 0.25) is 0 Å². The second-order valence-corrected chi connectivity index (χ2v) is 10.0. The van der Waals surface area contributed by atoms with E-state index in [0.717, 1.165) is 47.5 Å². The summed E-state index contributed by atoms with van der Waals surface area (Å²) >= 11 is 1.93. The van der Waals surface area contributed by atoms with Crippen LogP contribution in [-0.4, -0.2) is 27.6 Å². The molecule has 3 aromatic rings. The van der Waals surface area contributed by atoms with Crippen molar-refractivity contribution in [2.45, 2.75) is 43.6 Å². The first kappa shape index (κ1) is 22.0. The minimum absolute atomic E-state index is 0.124. The van der Waals surface area contributed by atoms with Crippen LogP contribution in [-0.2, 0) is 21.7 Å². The molecule has 2 atom stereocenters. The van der Waals surface area contributed by atoms with E-state index in [9.17, 15) is 9.18 Å². The number of rotatable bonds is 6. The SMILES string of the molecule is CCOC(=O)[C@]12Cc3cnn(-c4ccc(F)cc4)c3C=C1CC[C@H](SCc1ccccc1)C2. The zero-order valence-electron chi connectivity index (χ0n) is 18.7. The Balaban J connectivity index is 1.44. The lowest BCUT2D eigenvalue weighted by Gasteiger charge is -2.43. The number of esters is 1. The highest BCUT2D eigenvalue weighted by atomic mass is 32.2. The maximum Gasteiger partial charge on any atom is 0.316 e. The molecule has 0 amide bonds. The zero-order chi connectivity index (χ0) is 22.8. The van der Waals surface area contributed by atoms with Crippen molar-refractivity contribution in [2.75, 3.05) is 6.61 Å². The average molecular weight is 463 g/mol. The van der Waals surface area contributed by atoms with Crippen LogP contribution in [0.15, 0.2) is 66.4 Å². The summed E-state index contributed by atoms with van der Waals surface area (Å²) < 4.78 is 20.9. The van der Waals surface area contributed by atoms with Crippen molar-refractivity contribution in [3.05, 3.63) is 89.0 Å². The topological polar surface area (TPSA) is 44.1 Å². The zero-order valence-corrected chi connectivity index (χ0v) is 19.5. The van der Waals surface area contributed by atoms with Crippen LogP contribution in [0.3, 0.4) is 0 Å². The van der Waals surface area contributed by atoms with Crippen LogP contribution in [0.5, 0.6) is 0 Å². The molecule has 6 heteroatoms. The molecular weight excluding hydrogens is 435 g/mol. The fourth-order valence-electron chi connectivity index (χ4n) is 5.02. The molecule has 1 aromatic heterocycles. The van der Waals surface area contributed by atoms with Crippen molar-refractivity contribution in [1.82, 2.24) is 9.78 Å². The first-order valence-corrected chi connectivity index (χ1v) is 12.5. The second kappa shape index (κ2) is 9.18. The Bertz CT molecular complexity index is 1170. The first-order chi connectivity index (χ1) is 16.1. The normalized spacial score (nSPS) is 21.6. The smallest absolute Gasteiger partial charge is 0.316 e. The van der Waals surface area contributed by atoms with Gasteiger partial charge in [0.05, 0.1) is 29.6 Å². The largest absolute Gasteiger partial charge is 0.465 e. The van der Waals surface area contributed by atoms with Crippen molar-refractivity contribution < 1.29 is 13.9 Å². The van der Waals surface area contributed by atoms with E-state index < -0.39 is 5.41 Å². The fraction of sp³-hybridized carbons (Fsp3) is 0.333. The van der Waals surface area contributed by atoms with E-state index in [4.69, 9.17) is 4.74 Å². The van der Waals surface area contributed by atoms with E-state index in [1.54, 1.807) is 12.1 Å². The summed E-state index contributed by atoms with van der Waals surface area (Å²) in [6.45, 7) is 2.24. The summed E-state index contributed by atoms with van der Waals surface area (Å²) in [4.78, 5) is 13.4. The number of hydrogen-bond donors (Lipinski definition) is 0. The van der Waals surface area contributed by atoms with Gasteiger partial charge in [0.15, 0.2) is 0 Å². The van der Waals surface area contributed by atoms with E-state index in [0.29, 0.717) is 18.3 Å². The van der Waals surface area contributed by atoms with Crippen molar-refractivity contribution in [1.29, 1.82) is 0 Å². The summed E-state index contributed by atoms with van der Waals surface area (Å²) in [5.74, 6) is 0.546. The summed E-state index contributed by atoms with van der Waals surface area (Å²) in [6, 6.07) is 16.8. The van der Waals surface area contributed by atoms with Crippen LogP contribution >= 0.6 is 11.8 Å². The lowest BCUT2D eigenvalue weighted by atomic mass is 9.64. The fourth-order valence-corrected chi connectivity index (χ4v) is 6.33. The van der Waals surface area contributed by atoms with E-state index in [2.05, 4.69) is 35.4 Å². The Morgan fingerprint density at radius 3 is 2.76 bits per heavy atom. The van der Waals surface area contributed by atoms with Gasteiger partial charge in [0.1, 0.15) is 5.82 Å². The lowest BCUT2D eigenvalue weighted by molar-refractivity contribution is -0.154. The molecular formula is C27H27FN2O2S. The molecule has 0 saturated heterocycles. The Morgan fingerprint density at radius 1 is 1.21 bits per heavy atom. The van der Waals surface area contributed by atoms with Gasteiger partial charge in [0.25, 0.3) is 0 Å². The summed E-state index contributed by atoms with van der Waals surface area (Å²) in [5, 5.41) is 4.97. The second-order valence-electron chi connectivity index (χ2n) is 8.75. The molecule has 0 aliphatic heterocycles. The molecule has 5 rings (SSSR count). The number of carbonyl (C=O) groups is 1. The summed E-state index contributed by atoms with van der Waals surface area (Å²) in [6.07, 6.45) is 7.23. The molecule has 1 heterocycles. The molecule has 2 aliphatic rings. The van der Waals surface area contributed by atoms with E-state index in [1.165, 1.54) is 17.7 Å². The maximum absolute atomic E-state index is 13.4. The van der Waals surface area contributed by atoms with Crippen LogP contribution in [0.4, 0.5) is 4.39 Å². The van der Waals surface area contributed by atoms with Crippen molar-refractivity contribution in [3.63, 3.8) is 0 Å². The van der Waals surface area contributed by atoms with Crippen LogP contribution < -0.4 is 0 Å². The van der Waals surface area contributed by atoms with Gasteiger partial charge in [-0.1, -0.05) is 35.9 Å². The highest BCUT2D eigenvalue weighted by Gasteiger charge is 2.50. The third kappa shape index (κ3) is 4.24. The lowest BCUT2D eigenvalue weighted by Crippen LogP contribution is -2.44. The third-order valence-corrected chi connectivity index (χ3v) is 8.06. The van der Waals surface area contributed by atoms with Gasteiger partial charge in [-0.15, -0.1) is 0 Å². The van der Waals surface area contributed by atoms with Crippen molar-refractivity contribution in [3.8, 4) is 5.69 Å². The Kier molecular flexibility index (Phi) is 6.11. The number of benzene rings is 2. The summed E-state index contributed by atoms with van der Waals surface area (Å²) in [5.41, 5.74) is 4.63. The van der Waals surface area contributed by atoms with Crippen molar-refractivity contribution >= 4 is 23.8 Å². The molecule has 2 aliphatic carbocycles. The first-order valence-electron chi connectivity index (χ1n) is 11.5. The number of ether oxygens (including phenoxy) is 1. The maximum atomic E-state index is 13.4. The number of aromatic nitrogens is 2. The molecule has 4 nitrogen and oxygen atoms in total. The van der Waals surface area contributed by atoms with E-state index in [1.807, 2.05) is 35.6 Å². The number of halogens is 1. The predicted octanol–water partition coefficient (Wildman–Crippen LogP) is 5.99. The van der Waals surface area contributed by atoms with Gasteiger partial charge in [-0.3, -0.25) is 4.79 Å². The molecule has 2 aromatic carbocycles. The number of fused-ring (bicyclic) bond motifs is 2. The molecule has 1 fully saturated rings. The van der Waals surface area contributed by atoms with E-state index >= 15 is 0 Å². The van der Waals surface area contributed by atoms with E-state index in [-0.39, 0.29) is 11.8 Å². The third-order valence-electron chi connectivity index (χ3n) is 6.68. The molecule has 0 spiro atoms. The highest BCUT2D eigenvalue weighted by Crippen LogP contribution is 2.51. The summed E-state index contributed by atoms with van der Waals surface area (Å²) in [7, 11) is 0. The number of nitrogens with zero attached hydrogens (tertiary/aromatic N) is 2. The number of thioether (sulfide) groups is 1. The Labute approximate surface area is 197 Å². The minimum Gasteiger partial charge on any atom is -0.465 e.